The molecule has 2 aliphatic rings. The van der Waals surface area contributed by atoms with E-state index < -0.39 is 0 Å². The quantitative estimate of drug-likeness (QED) is 0.789. The van der Waals surface area contributed by atoms with Crippen molar-refractivity contribution in [3.63, 3.8) is 0 Å². The number of rotatable bonds is 3. The van der Waals surface area contributed by atoms with Gasteiger partial charge >= 0.3 is 0 Å². The van der Waals surface area contributed by atoms with E-state index in [4.69, 9.17) is 22.7 Å². The van der Waals surface area contributed by atoms with Gasteiger partial charge in [-0.05, 0) is 32.1 Å². The molecule has 0 spiro atoms. The van der Waals surface area contributed by atoms with Crippen molar-refractivity contribution in [3.05, 3.63) is 0 Å². The number of likely N-dealkylation sites (tertiary alicyclic amines) is 1. The number of nitrogens with two attached hydrogens (primary N) is 1. The lowest BCUT2D eigenvalue weighted by Crippen LogP contribution is -2.52. The third-order valence-corrected chi connectivity index (χ3v) is 4.32. The van der Waals surface area contributed by atoms with Gasteiger partial charge in [-0.2, -0.15) is 0 Å². The fraction of sp³-hybridized carbons (Fsp3) is 0.846. The van der Waals surface area contributed by atoms with Gasteiger partial charge in [0.25, 0.3) is 0 Å². The maximum absolute atomic E-state index is 12.6. The summed E-state index contributed by atoms with van der Waals surface area (Å²) in [6, 6.07) is -0.0423. The van der Waals surface area contributed by atoms with Gasteiger partial charge in [0.2, 0.25) is 5.91 Å². The van der Waals surface area contributed by atoms with Crippen LogP contribution in [0.3, 0.4) is 0 Å². The maximum Gasteiger partial charge on any atom is 0.228 e. The molecular weight excluding hydrogens is 248 g/mol. The van der Waals surface area contributed by atoms with Gasteiger partial charge in [0.05, 0.1) is 23.1 Å². The summed E-state index contributed by atoms with van der Waals surface area (Å²) >= 11 is 5.10. The molecule has 5 heteroatoms. The highest BCUT2D eigenvalue weighted by Crippen LogP contribution is 2.28. The highest BCUT2D eigenvalue weighted by molar-refractivity contribution is 7.80. The molecule has 1 amide bonds. The van der Waals surface area contributed by atoms with E-state index in [-0.39, 0.29) is 24.0 Å². The second-order valence-corrected chi connectivity index (χ2v) is 5.63. The van der Waals surface area contributed by atoms with Crippen LogP contribution in [-0.4, -0.2) is 41.1 Å². The van der Waals surface area contributed by atoms with Crippen LogP contribution in [0.25, 0.3) is 0 Å². The molecule has 3 unspecified atom stereocenters. The van der Waals surface area contributed by atoms with Gasteiger partial charge in [0.1, 0.15) is 0 Å². The molecule has 2 rings (SSSR count). The summed E-state index contributed by atoms with van der Waals surface area (Å²) in [4.78, 5) is 15.0. The molecule has 0 aromatic carbocycles. The zero-order chi connectivity index (χ0) is 13.1. The predicted octanol–water partition coefficient (Wildman–Crippen LogP) is 1.47. The number of ether oxygens (including phenoxy) is 1. The minimum atomic E-state index is -0.0423. The van der Waals surface area contributed by atoms with E-state index in [1.54, 1.807) is 0 Å². The standard InChI is InChI=1S/C13H22N2O2S/c1-2-11-9(6-8-17-11)13(16)15-7-4-3-5-10(15)12(14)18/h9-11H,2-8H2,1H3,(H2,14,18). The Morgan fingerprint density at radius 3 is 2.89 bits per heavy atom. The van der Waals surface area contributed by atoms with Gasteiger partial charge in [0.15, 0.2) is 0 Å². The zero-order valence-electron chi connectivity index (χ0n) is 10.9. The van der Waals surface area contributed by atoms with Crippen molar-refractivity contribution in [1.29, 1.82) is 0 Å². The van der Waals surface area contributed by atoms with Crippen LogP contribution in [0.1, 0.15) is 39.0 Å². The largest absolute Gasteiger partial charge is 0.392 e. The van der Waals surface area contributed by atoms with Gasteiger partial charge in [-0.1, -0.05) is 19.1 Å². The Kier molecular flexibility index (Phi) is 4.56. The molecule has 3 atom stereocenters. The minimum absolute atomic E-state index is 0.00458. The summed E-state index contributed by atoms with van der Waals surface area (Å²) in [7, 11) is 0. The summed E-state index contributed by atoms with van der Waals surface area (Å²) in [5, 5.41) is 0. The first kappa shape index (κ1) is 13.7. The van der Waals surface area contributed by atoms with Crippen molar-refractivity contribution < 1.29 is 9.53 Å². The number of carbonyl (C=O) groups excluding carboxylic acids is 1. The van der Waals surface area contributed by atoms with E-state index in [9.17, 15) is 4.79 Å². The second kappa shape index (κ2) is 5.97. The molecule has 2 fully saturated rings. The molecule has 102 valence electrons. The molecule has 4 nitrogen and oxygen atoms in total. The van der Waals surface area contributed by atoms with Gasteiger partial charge in [0, 0.05) is 13.2 Å². The fourth-order valence-corrected chi connectivity index (χ4v) is 3.28. The lowest BCUT2D eigenvalue weighted by Gasteiger charge is -2.37. The molecular formula is C13H22N2O2S. The summed E-state index contributed by atoms with van der Waals surface area (Å²) < 4.78 is 5.61. The van der Waals surface area contributed by atoms with Crippen molar-refractivity contribution in [3.8, 4) is 0 Å². The Morgan fingerprint density at radius 1 is 1.44 bits per heavy atom. The molecule has 2 aliphatic heterocycles. The number of thiocarbonyl (C=S) groups is 1. The number of amides is 1. The normalized spacial score (nSPS) is 32.5. The average molecular weight is 270 g/mol. The van der Waals surface area contributed by atoms with Crippen molar-refractivity contribution in [2.75, 3.05) is 13.2 Å². The summed E-state index contributed by atoms with van der Waals surface area (Å²) in [5.74, 6) is 0.196. The van der Waals surface area contributed by atoms with Crippen LogP contribution >= 0.6 is 12.2 Å². The van der Waals surface area contributed by atoms with Crippen molar-refractivity contribution in [2.45, 2.75) is 51.2 Å². The van der Waals surface area contributed by atoms with Gasteiger partial charge < -0.3 is 15.4 Å². The van der Waals surface area contributed by atoms with Gasteiger partial charge in [-0.25, -0.2) is 0 Å². The van der Waals surface area contributed by atoms with Crippen LogP contribution in [0.2, 0.25) is 0 Å². The third-order valence-electron chi connectivity index (χ3n) is 4.04. The molecule has 0 aliphatic carbocycles. The smallest absolute Gasteiger partial charge is 0.228 e. The number of nitrogens with zero attached hydrogens (tertiary/aromatic N) is 1. The molecule has 2 heterocycles. The number of piperidine rings is 1. The Balaban J connectivity index is 2.08. The molecule has 2 N–H and O–H groups in total. The Bertz CT molecular complexity index is 335. The van der Waals surface area contributed by atoms with E-state index >= 15 is 0 Å². The Labute approximate surface area is 114 Å². The zero-order valence-corrected chi connectivity index (χ0v) is 11.7. The average Bonchev–Trinajstić information content (AvgIpc) is 2.86. The SMILES string of the molecule is CCC1OCCC1C(=O)N1CCCCC1C(N)=S. The first-order valence-electron chi connectivity index (χ1n) is 6.86. The van der Waals surface area contributed by atoms with Crippen molar-refractivity contribution in [2.24, 2.45) is 11.7 Å². The van der Waals surface area contributed by atoms with E-state index in [0.717, 1.165) is 38.6 Å². The molecule has 0 saturated carbocycles. The lowest BCUT2D eigenvalue weighted by atomic mass is 9.94. The lowest BCUT2D eigenvalue weighted by molar-refractivity contribution is -0.139. The first-order chi connectivity index (χ1) is 8.65. The first-order valence-corrected chi connectivity index (χ1v) is 7.27. The van der Waals surface area contributed by atoms with E-state index in [1.807, 2.05) is 4.90 Å². The minimum Gasteiger partial charge on any atom is -0.392 e. The van der Waals surface area contributed by atoms with Gasteiger partial charge in [-0.15, -0.1) is 0 Å². The second-order valence-electron chi connectivity index (χ2n) is 5.16. The maximum atomic E-state index is 12.6. The molecule has 18 heavy (non-hydrogen) atoms. The monoisotopic (exact) mass is 270 g/mol. The number of hydrogen-bond acceptors (Lipinski definition) is 3. The predicted molar refractivity (Wildman–Crippen MR) is 74.3 cm³/mol. The Morgan fingerprint density at radius 2 is 2.22 bits per heavy atom. The molecule has 0 aromatic rings. The molecule has 0 bridgehead atoms. The molecule has 0 radical (unpaired) electrons. The van der Waals surface area contributed by atoms with Crippen LogP contribution < -0.4 is 5.73 Å². The highest BCUT2D eigenvalue weighted by Gasteiger charge is 2.39. The summed E-state index contributed by atoms with van der Waals surface area (Å²) in [5.41, 5.74) is 5.77. The van der Waals surface area contributed by atoms with Gasteiger partial charge in [-0.3, -0.25) is 4.79 Å². The van der Waals surface area contributed by atoms with E-state index in [2.05, 4.69) is 6.92 Å². The Hall–Kier alpha value is -0.680. The van der Waals surface area contributed by atoms with Crippen LogP contribution in [-0.2, 0) is 9.53 Å². The van der Waals surface area contributed by atoms with Crippen molar-refractivity contribution in [1.82, 2.24) is 4.90 Å². The molecule has 2 saturated heterocycles. The summed E-state index contributed by atoms with van der Waals surface area (Å²) in [6.07, 6.45) is 4.86. The highest BCUT2D eigenvalue weighted by atomic mass is 32.1. The fourth-order valence-electron chi connectivity index (χ4n) is 3.04. The van der Waals surface area contributed by atoms with E-state index in [1.165, 1.54) is 0 Å². The summed E-state index contributed by atoms with van der Waals surface area (Å²) in [6.45, 7) is 3.55. The number of hydrogen-bond donors (Lipinski definition) is 1. The third kappa shape index (κ3) is 2.67. The van der Waals surface area contributed by atoms with Crippen LogP contribution in [0.5, 0.6) is 0 Å². The van der Waals surface area contributed by atoms with Crippen LogP contribution in [0, 0.1) is 5.92 Å². The van der Waals surface area contributed by atoms with Crippen molar-refractivity contribution >= 4 is 23.1 Å². The molecule has 0 aromatic heterocycles. The number of carbonyl (C=O) groups is 1. The van der Waals surface area contributed by atoms with Crippen LogP contribution in [0.15, 0.2) is 0 Å². The van der Waals surface area contributed by atoms with Crippen LogP contribution in [0.4, 0.5) is 0 Å². The topological polar surface area (TPSA) is 55.6 Å². The van der Waals surface area contributed by atoms with E-state index in [0.29, 0.717) is 11.6 Å².